The van der Waals surface area contributed by atoms with E-state index in [-0.39, 0.29) is 11.9 Å². The number of nitrogens with zero attached hydrogens (tertiary/aromatic N) is 2. The van der Waals surface area contributed by atoms with Crippen LogP contribution in [0.3, 0.4) is 0 Å². The molecule has 1 atom stereocenters. The van der Waals surface area contributed by atoms with Crippen molar-refractivity contribution in [2.45, 2.75) is 25.5 Å². The van der Waals surface area contributed by atoms with Gasteiger partial charge in [-0.1, -0.05) is 17.7 Å². The molecule has 0 N–H and O–H groups in total. The van der Waals surface area contributed by atoms with E-state index in [9.17, 15) is 9.18 Å². The zero-order valence-electron chi connectivity index (χ0n) is 14.2. The Kier molecular flexibility index (Phi) is 5.16. The fraction of sp³-hybridized carbons (Fsp3) is 0.421. The number of amides is 1. The van der Waals surface area contributed by atoms with Gasteiger partial charge in [0.2, 0.25) is 0 Å². The number of anilines is 1. The van der Waals surface area contributed by atoms with Crippen LogP contribution in [0.2, 0.25) is 4.34 Å². The van der Waals surface area contributed by atoms with E-state index in [1.165, 1.54) is 28.4 Å². The third-order valence-corrected chi connectivity index (χ3v) is 6.35. The van der Waals surface area contributed by atoms with Crippen molar-refractivity contribution in [3.63, 3.8) is 0 Å². The molecule has 0 unspecified atom stereocenters. The molecule has 0 aliphatic carbocycles. The Labute approximate surface area is 161 Å². The van der Waals surface area contributed by atoms with Crippen LogP contribution in [0.15, 0.2) is 36.4 Å². The summed E-state index contributed by atoms with van der Waals surface area (Å²) in [7, 11) is 0. The Morgan fingerprint density at radius 3 is 2.73 bits per heavy atom. The number of hydrogen-bond acceptors (Lipinski definition) is 4. The van der Waals surface area contributed by atoms with E-state index < -0.39 is 6.09 Å². The number of halogens is 2. The molecule has 7 heteroatoms. The molecule has 0 radical (unpaired) electrons. The molecule has 138 valence electrons. The quantitative estimate of drug-likeness (QED) is 0.748. The summed E-state index contributed by atoms with van der Waals surface area (Å²) in [6.45, 7) is 3.26. The summed E-state index contributed by atoms with van der Waals surface area (Å²) < 4.78 is 20.2. The Hall–Kier alpha value is -1.63. The van der Waals surface area contributed by atoms with Crippen LogP contribution in [0.1, 0.15) is 17.7 Å². The molecule has 1 amide bonds. The van der Waals surface area contributed by atoms with Gasteiger partial charge < -0.3 is 4.74 Å². The van der Waals surface area contributed by atoms with Crippen LogP contribution in [0.5, 0.6) is 0 Å². The zero-order chi connectivity index (χ0) is 18.1. The van der Waals surface area contributed by atoms with Crippen LogP contribution in [-0.2, 0) is 11.3 Å². The van der Waals surface area contributed by atoms with Gasteiger partial charge >= 0.3 is 6.09 Å². The monoisotopic (exact) mass is 394 g/mol. The first-order valence-corrected chi connectivity index (χ1v) is 9.98. The minimum atomic E-state index is -0.432. The predicted molar refractivity (Wildman–Crippen MR) is 101 cm³/mol. The van der Waals surface area contributed by atoms with E-state index in [4.69, 9.17) is 16.3 Å². The number of hydrogen-bond donors (Lipinski definition) is 0. The maximum absolute atomic E-state index is 13.7. The van der Waals surface area contributed by atoms with Gasteiger partial charge in [0, 0.05) is 11.4 Å². The Morgan fingerprint density at radius 1 is 1.31 bits per heavy atom. The molecular formula is C19H20ClFN2O2S. The van der Waals surface area contributed by atoms with E-state index in [1.807, 2.05) is 6.07 Å². The van der Waals surface area contributed by atoms with Crippen LogP contribution in [0.25, 0.3) is 0 Å². The van der Waals surface area contributed by atoms with Gasteiger partial charge in [0.1, 0.15) is 11.9 Å². The van der Waals surface area contributed by atoms with E-state index in [1.54, 1.807) is 18.2 Å². The number of fused-ring (bicyclic) bond motifs is 3. The second-order valence-electron chi connectivity index (χ2n) is 6.83. The van der Waals surface area contributed by atoms with Crippen molar-refractivity contribution < 1.29 is 13.9 Å². The van der Waals surface area contributed by atoms with Crippen molar-refractivity contribution >= 4 is 34.7 Å². The molecule has 2 aromatic rings. The average molecular weight is 395 g/mol. The molecule has 2 bridgehead atoms. The van der Waals surface area contributed by atoms with Gasteiger partial charge in [0.05, 0.1) is 16.6 Å². The Morgan fingerprint density at radius 2 is 2.12 bits per heavy atom. The van der Waals surface area contributed by atoms with Gasteiger partial charge in [-0.05, 0) is 62.2 Å². The first-order valence-electron chi connectivity index (χ1n) is 8.79. The smallest absolute Gasteiger partial charge is 0.414 e. The van der Waals surface area contributed by atoms with Gasteiger partial charge in [-0.3, -0.25) is 9.80 Å². The lowest BCUT2D eigenvalue weighted by Gasteiger charge is -2.44. The standard InChI is InChI=1S/C19H20ClFN2O2S/c20-18-5-4-16(26-18)11-23(15-3-1-2-14(21)10-15)19(24)25-17-12-22-8-6-13(17)7-9-22/h1-5,10,13,17H,6-9,11-12H2/t17-/m0/s1. The predicted octanol–water partition coefficient (Wildman–Crippen LogP) is 4.78. The highest BCUT2D eigenvalue weighted by Crippen LogP contribution is 2.31. The molecule has 1 aromatic carbocycles. The zero-order valence-corrected chi connectivity index (χ0v) is 15.8. The number of carbonyl (C=O) groups is 1. The van der Waals surface area contributed by atoms with Crippen LogP contribution < -0.4 is 4.90 Å². The van der Waals surface area contributed by atoms with Gasteiger partial charge in [-0.25, -0.2) is 9.18 Å². The number of piperidine rings is 3. The molecular weight excluding hydrogens is 375 g/mol. The SMILES string of the molecule is O=C(O[C@H]1CN2CCC1CC2)N(Cc1ccc(Cl)s1)c1cccc(F)c1. The lowest BCUT2D eigenvalue weighted by Crippen LogP contribution is -2.53. The second-order valence-corrected chi connectivity index (χ2v) is 8.63. The fourth-order valence-electron chi connectivity index (χ4n) is 3.74. The summed E-state index contributed by atoms with van der Waals surface area (Å²) >= 11 is 7.42. The van der Waals surface area contributed by atoms with Crippen molar-refractivity contribution in [2.75, 3.05) is 24.5 Å². The van der Waals surface area contributed by atoms with E-state index >= 15 is 0 Å². The van der Waals surface area contributed by atoms with E-state index in [2.05, 4.69) is 4.90 Å². The largest absolute Gasteiger partial charge is 0.444 e. The first-order chi connectivity index (χ1) is 12.6. The van der Waals surface area contributed by atoms with Gasteiger partial charge in [-0.15, -0.1) is 11.3 Å². The molecule has 3 aliphatic rings. The average Bonchev–Trinajstić information content (AvgIpc) is 3.05. The summed E-state index contributed by atoms with van der Waals surface area (Å²) in [5.74, 6) is 0.0434. The maximum atomic E-state index is 13.7. The molecule has 3 fully saturated rings. The molecule has 3 saturated heterocycles. The minimum Gasteiger partial charge on any atom is -0.444 e. The topological polar surface area (TPSA) is 32.8 Å². The van der Waals surface area contributed by atoms with Crippen molar-refractivity contribution in [2.24, 2.45) is 5.92 Å². The van der Waals surface area contributed by atoms with Gasteiger partial charge in [-0.2, -0.15) is 0 Å². The summed E-state index contributed by atoms with van der Waals surface area (Å²) in [6, 6.07) is 9.71. The van der Waals surface area contributed by atoms with Gasteiger partial charge in [0.25, 0.3) is 0 Å². The molecule has 26 heavy (non-hydrogen) atoms. The van der Waals surface area contributed by atoms with Crippen molar-refractivity contribution in [3.8, 4) is 0 Å². The third kappa shape index (κ3) is 3.87. The van der Waals surface area contributed by atoms with Crippen molar-refractivity contribution in [3.05, 3.63) is 51.4 Å². The lowest BCUT2D eigenvalue weighted by atomic mass is 9.86. The molecule has 3 aliphatic heterocycles. The number of ether oxygens (including phenoxy) is 1. The minimum absolute atomic E-state index is 0.0898. The summed E-state index contributed by atoms with van der Waals surface area (Å²) in [6.07, 6.45) is 1.61. The molecule has 1 aromatic heterocycles. The van der Waals surface area contributed by atoms with E-state index in [0.717, 1.165) is 37.4 Å². The lowest BCUT2D eigenvalue weighted by molar-refractivity contribution is -0.0311. The third-order valence-electron chi connectivity index (χ3n) is 5.13. The molecule has 0 saturated carbocycles. The molecule has 0 spiro atoms. The highest BCUT2D eigenvalue weighted by atomic mass is 35.5. The fourth-order valence-corrected chi connectivity index (χ4v) is 4.81. The number of benzene rings is 1. The van der Waals surface area contributed by atoms with Gasteiger partial charge in [0.15, 0.2) is 0 Å². The van der Waals surface area contributed by atoms with Crippen LogP contribution >= 0.6 is 22.9 Å². The van der Waals surface area contributed by atoms with E-state index in [0.29, 0.717) is 22.5 Å². The first kappa shape index (κ1) is 17.8. The maximum Gasteiger partial charge on any atom is 0.414 e. The Bertz CT molecular complexity index is 791. The number of rotatable bonds is 4. The van der Waals surface area contributed by atoms with Crippen molar-refractivity contribution in [1.82, 2.24) is 4.90 Å². The highest BCUT2D eigenvalue weighted by molar-refractivity contribution is 7.16. The number of thiophene rings is 1. The summed E-state index contributed by atoms with van der Waals surface area (Å²) in [5, 5.41) is 0. The summed E-state index contributed by atoms with van der Waals surface area (Å²) in [4.78, 5) is 17.7. The number of carbonyl (C=O) groups excluding carboxylic acids is 1. The van der Waals surface area contributed by atoms with Crippen LogP contribution in [0, 0.1) is 11.7 Å². The van der Waals surface area contributed by atoms with Crippen LogP contribution in [-0.4, -0.2) is 36.7 Å². The molecule has 4 nitrogen and oxygen atoms in total. The second kappa shape index (κ2) is 7.55. The normalized spacial score (nSPS) is 24.5. The Balaban J connectivity index is 1.54. The van der Waals surface area contributed by atoms with Crippen molar-refractivity contribution in [1.29, 1.82) is 0 Å². The molecule has 5 rings (SSSR count). The summed E-state index contributed by atoms with van der Waals surface area (Å²) in [5.41, 5.74) is 0.487. The highest BCUT2D eigenvalue weighted by Gasteiger charge is 2.37. The van der Waals surface area contributed by atoms with Crippen LogP contribution in [0.4, 0.5) is 14.9 Å². The molecule has 4 heterocycles.